The van der Waals surface area contributed by atoms with E-state index in [1.807, 2.05) is 6.92 Å². The summed E-state index contributed by atoms with van der Waals surface area (Å²) in [6.45, 7) is 2.44. The number of nitrogens with two attached hydrogens (primary N) is 1. The summed E-state index contributed by atoms with van der Waals surface area (Å²) in [4.78, 5) is 22.7. The second-order valence-corrected chi connectivity index (χ2v) is 4.75. The van der Waals surface area contributed by atoms with Crippen LogP contribution < -0.4 is 11.1 Å². The Morgan fingerprint density at radius 1 is 1.35 bits per heavy atom. The average Bonchev–Trinajstić information content (AvgIpc) is 2.44. The highest BCUT2D eigenvalue weighted by Gasteiger charge is 2.13. The fourth-order valence-corrected chi connectivity index (χ4v) is 1.95. The smallest absolute Gasteiger partial charge is 0.335 e. The molecule has 0 heterocycles. The predicted molar refractivity (Wildman–Crippen MR) is 77.6 cm³/mol. The first-order valence-electron chi connectivity index (χ1n) is 6.90. The van der Waals surface area contributed by atoms with E-state index < -0.39 is 12.0 Å². The van der Waals surface area contributed by atoms with Crippen LogP contribution >= 0.6 is 0 Å². The molecule has 0 saturated carbocycles. The van der Waals surface area contributed by atoms with Gasteiger partial charge in [0.25, 0.3) is 0 Å². The third-order valence-electron chi connectivity index (χ3n) is 3.15. The van der Waals surface area contributed by atoms with Gasteiger partial charge >= 0.3 is 5.97 Å². The normalized spacial score (nSPS) is 11.9. The molecule has 1 amide bonds. The molecule has 1 rings (SSSR count). The van der Waals surface area contributed by atoms with Gasteiger partial charge in [0.1, 0.15) is 0 Å². The molecule has 5 nitrogen and oxygen atoms in total. The fourth-order valence-electron chi connectivity index (χ4n) is 1.95. The highest BCUT2D eigenvalue weighted by Crippen LogP contribution is 2.09. The van der Waals surface area contributed by atoms with Crippen molar-refractivity contribution in [2.24, 2.45) is 5.73 Å². The minimum absolute atomic E-state index is 0.175. The molecular formula is C15H22N2O3. The molecule has 0 saturated heterocycles. The quantitative estimate of drug-likeness (QED) is 0.673. The van der Waals surface area contributed by atoms with Crippen molar-refractivity contribution in [1.29, 1.82) is 0 Å². The summed E-state index contributed by atoms with van der Waals surface area (Å²) >= 11 is 0. The summed E-state index contributed by atoms with van der Waals surface area (Å²) in [7, 11) is 0. The van der Waals surface area contributed by atoms with Gasteiger partial charge in [-0.1, -0.05) is 38.0 Å². The first kappa shape index (κ1) is 16.2. The standard InChI is InChI=1S/C15H22N2O3/c1-2-3-8-13(16)14(18)17-10-9-11-6-4-5-7-12(11)15(19)20/h4-7,13H,2-3,8-10,16H2,1H3,(H,17,18)(H,19,20). The number of benzene rings is 1. The van der Waals surface area contributed by atoms with E-state index in [0.717, 1.165) is 12.8 Å². The van der Waals surface area contributed by atoms with Crippen LogP contribution in [-0.2, 0) is 11.2 Å². The zero-order valence-corrected chi connectivity index (χ0v) is 11.8. The van der Waals surface area contributed by atoms with Crippen LogP contribution in [0.2, 0.25) is 0 Å². The van der Waals surface area contributed by atoms with Crippen molar-refractivity contribution in [1.82, 2.24) is 5.32 Å². The van der Waals surface area contributed by atoms with Crippen molar-refractivity contribution >= 4 is 11.9 Å². The van der Waals surface area contributed by atoms with E-state index in [1.165, 1.54) is 0 Å². The van der Waals surface area contributed by atoms with Crippen LogP contribution in [0.15, 0.2) is 24.3 Å². The Morgan fingerprint density at radius 2 is 2.05 bits per heavy atom. The molecule has 4 N–H and O–H groups in total. The Morgan fingerprint density at radius 3 is 2.70 bits per heavy atom. The first-order valence-corrected chi connectivity index (χ1v) is 6.90. The lowest BCUT2D eigenvalue weighted by Gasteiger charge is -2.12. The van der Waals surface area contributed by atoms with Gasteiger partial charge in [0, 0.05) is 6.54 Å². The molecule has 0 spiro atoms. The zero-order valence-electron chi connectivity index (χ0n) is 11.8. The minimum Gasteiger partial charge on any atom is -0.478 e. The topological polar surface area (TPSA) is 92.4 Å². The van der Waals surface area contributed by atoms with Gasteiger partial charge in [-0.15, -0.1) is 0 Å². The molecule has 1 aromatic rings. The lowest BCUT2D eigenvalue weighted by molar-refractivity contribution is -0.122. The summed E-state index contributed by atoms with van der Waals surface area (Å²) in [6.07, 6.45) is 3.09. The van der Waals surface area contributed by atoms with Crippen molar-refractivity contribution in [3.05, 3.63) is 35.4 Å². The predicted octanol–water partition coefficient (Wildman–Crippen LogP) is 1.56. The molecule has 110 valence electrons. The van der Waals surface area contributed by atoms with Crippen LogP contribution in [0.4, 0.5) is 0 Å². The largest absolute Gasteiger partial charge is 0.478 e. The number of hydrogen-bond donors (Lipinski definition) is 3. The number of carboxylic acids is 1. The Bertz CT molecular complexity index is 460. The molecule has 20 heavy (non-hydrogen) atoms. The number of hydrogen-bond acceptors (Lipinski definition) is 3. The van der Waals surface area contributed by atoms with Gasteiger partial charge in [0.15, 0.2) is 0 Å². The molecule has 0 bridgehead atoms. The zero-order chi connectivity index (χ0) is 15.0. The van der Waals surface area contributed by atoms with E-state index in [1.54, 1.807) is 24.3 Å². The fraction of sp³-hybridized carbons (Fsp3) is 0.467. The van der Waals surface area contributed by atoms with Crippen molar-refractivity contribution in [3.8, 4) is 0 Å². The average molecular weight is 278 g/mol. The number of unbranched alkanes of at least 4 members (excludes halogenated alkanes) is 1. The van der Waals surface area contributed by atoms with Gasteiger partial charge in [0.2, 0.25) is 5.91 Å². The minimum atomic E-state index is -0.952. The van der Waals surface area contributed by atoms with E-state index in [9.17, 15) is 9.59 Å². The van der Waals surface area contributed by atoms with E-state index in [2.05, 4.69) is 5.32 Å². The SMILES string of the molecule is CCCCC(N)C(=O)NCCc1ccccc1C(=O)O. The number of amides is 1. The maximum Gasteiger partial charge on any atom is 0.335 e. The second kappa shape index (κ2) is 8.32. The highest BCUT2D eigenvalue weighted by molar-refractivity contribution is 5.89. The molecule has 0 aliphatic heterocycles. The van der Waals surface area contributed by atoms with Crippen LogP contribution in [0, 0.1) is 0 Å². The Kier molecular flexibility index (Phi) is 6.73. The number of aromatic carboxylic acids is 1. The molecule has 1 atom stereocenters. The number of rotatable bonds is 8. The first-order chi connectivity index (χ1) is 9.56. The molecule has 1 unspecified atom stereocenters. The second-order valence-electron chi connectivity index (χ2n) is 4.75. The van der Waals surface area contributed by atoms with Gasteiger partial charge in [-0.3, -0.25) is 4.79 Å². The maximum atomic E-state index is 11.7. The molecule has 0 aromatic heterocycles. The van der Waals surface area contributed by atoms with E-state index in [0.29, 0.717) is 24.9 Å². The monoisotopic (exact) mass is 278 g/mol. The van der Waals surface area contributed by atoms with Crippen molar-refractivity contribution in [2.75, 3.05) is 6.54 Å². The third-order valence-corrected chi connectivity index (χ3v) is 3.15. The number of nitrogens with one attached hydrogen (secondary N) is 1. The molecule has 0 radical (unpaired) electrons. The molecule has 0 aliphatic rings. The lowest BCUT2D eigenvalue weighted by Crippen LogP contribution is -2.41. The van der Waals surface area contributed by atoms with Gasteiger partial charge in [0.05, 0.1) is 11.6 Å². The van der Waals surface area contributed by atoms with Crippen LogP contribution in [-0.4, -0.2) is 29.6 Å². The maximum absolute atomic E-state index is 11.7. The van der Waals surface area contributed by atoms with Gasteiger partial charge in [-0.25, -0.2) is 4.79 Å². The van der Waals surface area contributed by atoms with Gasteiger partial charge in [-0.2, -0.15) is 0 Å². The van der Waals surface area contributed by atoms with Crippen LogP contribution in [0.1, 0.15) is 42.1 Å². The van der Waals surface area contributed by atoms with E-state index in [-0.39, 0.29) is 11.5 Å². The molecule has 0 aliphatic carbocycles. The summed E-state index contributed by atoms with van der Waals surface area (Å²) in [5, 5.41) is 11.8. The third kappa shape index (κ3) is 5.01. The Labute approximate surface area is 119 Å². The highest BCUT2D eigenvalue weighted by atomic mass is 16.4. The Balaban J connectivity index is 2.45. The Hall–Kier alpha value is -1.88. The summed E-state index contributed by atoms with van der Waals surface area (Å²) in [5.41, 5.74) is 6.74. The van der Waals surface area contributed by atoms with Crippen LogP contribution in [0.25, 0.3) is 0 Å². The van der Waals surface area contributed by atoms with Crippen LogP contribution in [0.5, 0.6) is 0 Å². The summed E-state index contributed by atoms with van der Waals surface area (Å²) < 4.78 is 0. The molecule has 5 heteroatoms. The van der Waals surface area contributed by atoms with E-state index in [4.69, 9.17) is 10.8 Å². The van der Waals surface area contributed by atoms with E-state index >= 15 is 0 Å². The number of carboxylic acid groups (broad SMARTS) is 1. The summed E-state index contributed by atoms with van der Waals surface area (Å²) in [6, 6.07) is 6.31. The van der Waals surface area contributed by atoms with Crippen molar-refractivity contribution in [3.63, 3.8) is 0 Å². The lowest BCUT2D eigenvalue weighted by atomic mass is 10.0. The molecule has 1 aromatic carbocycles. The molecule has 0 fully saturated rings. The van der Waals surface area contributed by atoms with Gasteiger partial charge in [-0.05, 0) is 24.5 Å². The van der Waals surface area contributed by atoms with Crippen molar-refractivity contribution in [2.45, 2.75) is 38.6 Å². The summed E-state index contributed by atoms with van der Waals surface area (Å²) in [5.74, 6) is -1.13. The number of carbonyl (C=O) groups is 2. The van der Waals surface area contributed by atoms with Crippen molar-refractivity contribution < 1.29 is 14.7 Å². The van der Waals surface area contributed by atoms with Crippen LogP contribution in [0.3, 0.4) is 0 Å². The van der Waals surface area contributed by atoms with Gasteiger partial charge < -0.3 is 16.2 Å². The molecular weight excluding hydrogens is 256 g/mol. The number of carbonyl (C=O) groups excluding carboxylic acids is 1.